The fourth-order valence-corrected chi connectivity index (χ4v) is 0.869. The Morgan fingerprint density at radius 2 is 2.00 bits per heavy atom. The van der Waals surface area contributed by atoms with Gasteiger partial charge in [-0.25, -0.2) is 4.79 Å². The highest BCUT2D eigenvalue weighted by atomic mass is 16.4. The minimum Gasteiger partial charge on any atom is -0.480 e. The minimum atomic E-state index is -1.63. The summed E-state index contributed by atoms with van der Waals surface area (Å²) in [5, 5.41) is 27.9. The number of aliphatic hydroxyl groups excluding tert-OH is 2. The molecule has 11 heavy (non-hydrogen) atoms. The molecular formula is C5H7NO5. The number of carboxylic acids is 1. The van der Waals surface area contributed by atoms with Gasteiger partial charge in [-0.1, -0.05) is 0 Å². The molecule has 0 aliphatic carbocycles. The zero-order valence-corrected chi connectivity index (χ0v) is 5.39. The highest BCUT2D eigenvalue weighted by Crippen LogP contribution is 2.08. The van der Waals surface area contributed by atoms with Crippen LogP contribution in [-0.2, 0) is 9.59 Å². The van der Waals surface area contributed by atoms with E-state index in [0.717, 1.165) is 0 Å². The van der Waals surface area contributed by atoms with Gasteiger partial charge in [0, 0.05) is 0 Å². The Labute approximate surface area is 61.4 Å². The summed E-state index contributed by atoms with van der Waals surface area (Å²) in [6, 6.07) is -1.39. The summed E-state index contributed by atoms with van der Waals surface area (Å²) in [5.41, 5.74) is 0. The number of aliphatic hydroxyl groups is 2. The zero-order valence-electron chi connectivity index (χ0n) is 5.39. The SMILES string of the molecule is O=C1N[C@H](C(=O)O)[C@H](O)[C@@H]1O. The summed E-state index contributed by atoms with van der Waals surface area (Å²) < 4.78 is 0. The number of carbonyl (C=O) groups excluding carboxylic acids is 1. The van der Waals surface area contributed by atoms with Gasteiger partial charge in [-0.3, -0.25) is 4.79 Å². The Hall–Kier alpha value is -1.14. The Bertz CT molecular complexity index is 203. The monoisotopic (exact) mass is 161 g/mol. The van der Waals surface area contributed by atoms with Crippen molar-refractivity contribution in [3.8, 4) is 0 Å². The van der Waals surface area contributed by atoms with Gasteiger partial charge >= 0.3 is 5.97 Å². The third kappa shape index (κ3) is 1.17. The van der Waals surface area contributed by atoms with Crippen LogP contribution in [0.3, 0.4) is 0 Å². The second kappa shape index (κ2) is 2.48. The predicted octanol–water partition coefficient (Wildman–Crippen LogP) is -2.71. The number of hydrogen-bond donors (Lipinski definition) is 4. The molecule has 1 saturated heterocycles. The smallest absolute Gasteiger partial charge is 0.329 e. The molecule has 0 aromatic heterocycles. The lowest BCUT2D eigenvalue weighted by molar-refractivity contribution is -0.142. The van der Waals surface area contributed by atoms with E-state index < -0.39 is 30.1 Å². The van der Waals surface area contributed by atoms with Crippen LogP contribution in [0.5, 0.6) is 0 Å². The lowest BCUT2D eigenvalue weighted by Crippen LogP contribution is -2.40. The fraction of sp³-hybridized carbons (Fsp3) is 0.600. The molecule has 4 N–H and O–H groups in total. The third-order valence-corrected chi connectivity index (χ3v) is 1.50. The standard InChI is InChI=1S/C5H7NO5/c7-2-1(5(10)11)6-4(9)3(2)8/h1-3,7-8H,(H,6,9)(H,10,11)/t1-,2-,3-/m0/s1. The molecule has 1 fully saturated rings. The van der Waals surface area contributed by atoms with E-state index in [4.69, 9.17) is 15.3 Å². The van der Waals surface area contributed by atoms with Crippen molar-refractivity contribution in [2.75, 3.05) is 0 Å². The molecule has 1 aliphatic heterocycles. The second-order valence-electron chi connectivity index (χ2n) is 2.26. The van der Waals surface area contributed by atoms with Crippen LogP contribution in [-0.4, -0.2) is 45.4 Å². The summed E-state index contributed by atoms with van der Waals surface area (Å²) in [4.78, 5) is 20.7. The van der Waals surface area contributed by atoms with E-state index in [2.05, 4.69) is 0 Å². The number of nitrogens with one attached hydrogen (secondary N) is 1. The van der Waals surface area contributed by atoms with Gasteiger partial charge in [0.1, 0.15) is 6.10 Å². The molecule has 3 atom stereocenters. The number of carboxylic acid groups (broad SMARTS) is 1. The summed E-state index contributed by atoms with van der Waals surface area (Å²) in [5.74, 6) is -2.22. The van der Waals surface area contributed by atoms with Crippen molar-refractivity contribution in [2.45, 2.75) is 18.2 Å². The number of amides is 1. The maximum atomic E-state index is 10.5. The molecule has 6 heteroatoms. The molecule has 6 nitrogen and oxygen atoms in total. The molecule has 1 amide bonds. The Morgan fingerprint density at radius 1 is 1.45 bits per heavy atom. The molecular weight excluding hydrogens is 154 g/mol. The van der Waals surface area contributed by atoms with E-state index in [-0.39, 0.29) is 0 Å². The third-order valence-electron chi connectivity index (χ3n) is 1.50. The first-order valence-corrected chi connectivity index (χ1v) is 2.93. The zero-order chi connectivity index (χ0) is 8.59. The van der Waals surface area contributed by atoms with Crippen LogP contribution < -0.4 is 5.32 Å². The van der Waals surface area contributed by atoms with Gasteiger partial charge in [0.05, 0.1) is 0 Å². The Balaban J connectivity index is 2.74. The van der Waals surface area contributed by atoms with E-state index >= 15 is 0 Å². The van der Waals surface area contributed by atoms with Crippen molar-refractivity contribution in [1.82, 2.24) is 5.32 Å². The number of rotatable bonds is 1. The van der Waals surface area contributed by atoms with Crippen molar-refractivity contribution in [3.63, 3.8) is 0 Å². The summed E-state index contributed by atoms with van der Waals surface area (Å²) >= 11 is 0. The first-order valence-electron chi connectivity index (χ1n) is 2.93. The van der Waals surface area contributed by atoms with Gasteiger partial charge in [-0.2, -0.15) is 0 Å². The average Bonchev–Trinajstić information content (AvgIpc) is 2.17. The van der Waals surface area contributed by atoms with Crippen LogP contribution in [0.25, 0.3) is 0 Å². The van der Waals surface area contributed by atoms with Gasteiger partial charge in [0.2, 0.25) is 0 Å². The molecule has 0 radical (unpaired) electrons. The molecule has 1 aliphatic rings. The van der Waals surface area contributed by atoms with E-state index in [9.17, 15) is 9.59 Å². The van der Waals surface area contributed by atoms with Crippen molar-refractivity contribution in [3.05, 3.63) is 0 Å². The topological polar surface area (TPSA) is 107 Å². The van der Waals surface area contributed by atoms with Crippen LogP contribution in [0.15, 0.2) is 0 Å². The second-order valence-corrected chi connectivity index (χ2v) is 2.26. The maximum Gasteiger partial charge on any atom is 0.329 e. The summed E-state index contributed by atoms with van der Waals surface area (Å²) in [6.07, 6.45) is -3.18. The molecule has 0 unspecified atom stereocenters. The highest BCUT2D eigenvalue weighted by Gasteiger charge is 2.43. The first kappa shape index (κ1) is 7.96. The van der Waals surface area contributed by atoms with Gasteiger partial charge in [-0.15, -0.1) is 0 Å². The van der Waals surface area contributed by atoms with E-state index in [1.165, 1.54) is 0 Å². The molecule has 62 valence electrons. The van der Waals surface area contributed by atoms with Crippen LogP contribution in [0.4, 0.5) is 0 Å². The Morgan fingerprint density at radius 3 is 2.18 bits per heavy atom. The van der Waals surface area contributed by atoms with Gasteiger partial charge in [0.15, 0.2) is 12.1 Å². The van der Waals surface area contributed by atoms with Crippen LogP contribution in [0.1, 0.15) is 0 Å². The largest absolute Gasteiger partial charge is 0.480 e. The molecule has 1 rings (SSSR count). The van der Waals surface area contributed by atoms with Gasteiger partial charge in [-0.05, 0) is 0 Å². The highest BCUT2D eigenvalue weighted by molar-refractivity contribution is 5.91. The van der Waals surface area contributed by atoms with Crippen LogP contribution in [0, 0.1) is 0 Å². The quantitative estimate of drug-likeness (QED) is 0.334. The summed E-state index contributed by atoms with van der Waals surface area (Å²) in [6.45, 7) is 0. The average molecular weight is 161 g/mol. The van der Waals surface area contributed by atoms with Crippen molar-refractivity contribution in [1.29, 1.82) is 0 Å². The number of aliphatic carboxylic acids is 1. The number of carbonyl (C=O) groups is 2. The fourth-order valence-electron chi connectivity index (χ4n) is 0.869. The van der Waals surface area contributed by atoms with Gasteiger partial charge in [0.25, 0.3) is 5.91 Å². The van der Waals surface area contributed by atoms with Crippen molar-refractivity contribution < 1.29 is 24.9 Å². The van der Waals surface area contributed by atoms with E-state index in [1.807, 2.05) is 5.32 Å². The van der Waals surface area contributed by atoms with Crippen LogP contribution >= 0.6 is 0 Å². The molecule has 0 bridgehead atoms. The molecule has 0 saturated carbocycles. The summed E-state index contributed by atoms with van der Waals surface area (Å²) in [7, 11) is 0. The molecule has 1 heterocycles. The van der Waals surface area contributed by atoms with Crippen LogP contribution in [0.2, 0.25) is 0 Å². The predicted molar refractivity (Wildman–Crippen MR) is 31.6 cm³/mol. The lowest BCUT2D eigenvalue weighted by atomic mass is 10.1. The van der Waals surface area contributed by atoms with Gasteiger partial charge < -0.3 is 20.6 Å². The normalized spacial score (nSPS) is 36.9. The maximum absolute atomic E-state index is 10.5. The lowest BCUT2D eigenvalue weighted by Gasteiger charge is -2.08. The Kier molecular flexibility index (Phi) is 1.79. The first-order chi connectivity index (χ1) is 5.04. The minimum absolute atomic E-state index is 0.857. The van der Waals surface area contributed by atoms with Crippen molar-refractivity contribution in [2.24, 2.45) is 0 Å². The molecule has 0 aromatic carbocycles. The van der Waals surface area contributed by atoms with E-state index in [1.54, 1.807) is 0 Å². The number of hydrogen-bond acceptors (Lipinski definition) is 4. The van der Waals surface area contributed by atoms with E-state index in [0.29, 0.717) is 0 Å². The molecule has 0 spiro atoms. The molecule has 0 aromatic rings. The van der Waals surface area contributed by atoms with Crippen molar-refractivity contribution >= 4 is 11.9 Å².